The van der Waals surface area contributed by atoms with Gasteiger partial charge in [0, 0.05) is 17.5 Å². The molecule has 8 heteroatoms. The lowest BCUT2D eigenvalue weighted by Gasteiger charge is -2.24. The van der Waals surface area contributed by atoms with Gasteiger partial charge in [-0.15, -0.1) is 0 Å². The van der Waals surface area contributed by atoms with Gasteiger partial charge in [-0.1, -0.05) is 53.7 Å². The molecule has 172 valence electrons. The molecule has 0 aromatic heterocycles. The van der Waals surface area contributed by atoms with Crippen LogP contribution in [0.2, 0.25) is 0 Å². The number of aryl methyl sites for hydroxylation is 1. The topological polar surface area (TPSA) is 114 Å². The molecule has 7 nitrogen and oxygen atoms in total. The lowest BCUT2D eigenvalue weighted by atomic mass is 9.85. The lowest BCUT2D eigenvalue weighted by Crippen LogP contribution is -2.41. The summed E-state index contributed by atoms with van der Waals surface area (Å²) < 4.78 is 15.7. The molecule has 4 N–H and O–H groups in total. The van der Waals surface area contributed by atoms with Crippen LogP contribution in [0.1, 0.15) is 60.3 Å². The zero-order valence-corrected chi connectivity index (χ0v) is 19.0. The van der Waals surface area contributed by atoms with Crippen molar-refractivity contribution in [2.75, 3.05) is 13.2 Å². The second-order valence-electron chi connectivity index (χ2n) is 8.94. The zero-order chi connectivity index (χ0) is 22.6. The maximum Gasteiger partial charge on any atom is 0.469 e. The summed E-state index contributed by atoms with van der Waals surface area (Å²) in [4.78, 5) is 23.6. The molecule has 1 saturated carbocycles. The Labute approximate surface area is 188 Å². The maximum absolute atomic E-state index is 11.0. The van der Waals surface area contributed by atoms with E-state index >= 15 is 0 Å². The summed E-state index contributed by atoms with van der Waals surface area (Å²) in [7, 11) is -4.51. The largest absolute Gasteiger partial charge is 0.469 e. The highest BCUT2D eigenvalue weighted by atomic mass is 31.2. The summed E-state index contributed by atoms with van der Waals surface area (Å²) in [6.45, 7) is 0.425. The van der Waals surface area contributed by atoms with Crippen molar-refractivity contribution in [2.24, 2.45) is 10.9 Å². The van der Waals surface area contributed by atoms with Crippen LogP contribution >= 0.6 is 7.82 Å². The van der Waals surface area contributed by atoms with Gasteiger partial charge in [-0.05, 0) is 61.1 Å². The number of fused-ring (bicyclic) bond motifs is 1. The predicted molar refractivity (Wildman–Crippen MR) is 124 cm³/mol. The molecule has 32 heavy (non-hydrogen) atoms. The molecule has 2 atom stereocenters. The van der Waals surface area contributed by atoms with E-state index in [-0.39, 0.29) is 12.5 Å². The third-order valence-corrected chi connectivity index (χ3v) is 6.90. The Morgan fingerprint density at radius 3 is 2.75 bits per heavy atom. The highest BCUT2D eigenvalue weighted by molar-refractivity contribution is 7.46. The Morgan fingerprint density at radius 1 is 1.16 bits per heavy atom. The summed E-state index contributed by atoms with van der Waals surface area (Å²) in [6.07, 6.45) is 5.99. The van der Waals surface area contributed by atoms with Gasteiger partial charge in [0.15, 0.2) is 0 Å². The summed E-state index contributed by atoms with van der Waals surface area (Å²) in [5.74, 6) is 0.259. The first-order valence-corrected chi connectivity index (χ1v) is 12.7. The van der Waals surface area contributed by atoms with Crippen LogP contribution < -0.4 is 5.73 Å². The van der Waals surface area contributed by atoms with E-state index in [1.807, 2.05) is 18.2 Å². The van der Waals surface area contributed by atoms with E-state index in [9.17, 15) is 4.57 Å². The molecule has 0 amide bonds. The quantitative estimate of drug-likeness (QED) is 0.312. The van der Waals surface area contributed by atoms with Crippen LogP contribution in [-0.2, 0) is 26.8 Å². The Bertz CT molecular complexity index is 1010. The number of benzene rings is 2. The molecule has 0 aliphatic heterocycles. The Hall–Kier alpha value is -2.02. The van der Waals surface area contributed by atoms with E-state index < -0.39 is 13.4 Å². The Kier molecular flexibility index (Phi) is 7.13. The Morgan fingerprint density at radius 2 is 1.97 bits per heavy atom. The van der Waals surface area contributed by atoms with Gasteiger partial charge in [0.2, 0.25) is 0 Å². The average molecular weight is 458 g/mol. The van der Waals surface area contributed by atoms with Gasteiger partial charge in [0.05, 0.1) is 12.3 Å². The van der Waals surface area contributed by atoms with Crippen molar-refractivity contribution >= 4 is 13.5 Å². The fraction of sp³-hybridized carbons (Fsp3) is 0.458. The van der Waals surface area contributed by atoms with Crippen molar-refractivity contribution in [1.29, 1.82) is 0 Å². The molecule has 2 aromatic rings. The molecule has 4 rings (SSSR count). The summed E-state index contributed by atoms with van der Waals surface area (Å²) >= 11 is 0. The summed E-state index contributed by atoms with van der Waals surface area (Å²) in [5.41, 5.74) is 11.5. The van der Waals surface area contributed by atoms with Gasteiger partial charge in [-0.25, -0.2) is 4.57 Å². The van der Waals surface area contributed by atoms with Crippen molar-refractivity contribution in [3.8, 4) is 0 Å². The number of phosphoric acid groups is 1. The predicted octanol–water partition coefficient (Wildman–Crippen LogP) is 4.06. The highest BCUT2D eigenvalue weighted by Crippen LogP contribution is 2.44. The molecule has 0 bridgehead atoms. The number of nitrogens with zero attached hydrogens (tertiary/aromatic N) is 1. The Balaban J connectivity index is 1.38. The van der Waals surface area contributed by atoms with E-state index in [4.69, 9.17) is 24.9 Å². The highest BCUT2D eigenvalue weighted by Gasteiger charge is 2.38. The number of phosphoric ester groups is 1. The fourth-order valence-electron chi connectivity index (χ4n) is 4.75. The summed E-state index contributed by atoms with van der Waals surface area (Å²) in [6, 6.07) is 16.7. The van der Waals surface area contributed by atoms with Gasteiger partial charge in [-0.2, -0.15) is 0 Å². The van der Waals surface area contributed by atoms with Crippen LogP contribution in [0.4, 0.5) is 0 Å². The minimum Gasteiger partial charge on any atom is -0.395 e. The third kappa shape index (κ3) is 6.06. The molecule has 2 aliphatic rings. The van der Waals surface area contributed by atoms with E-state index in [0.29, 0.717) is 19.4 Å². The molecule has 0 heterocycles. The number of nitrogens with two attached hydrogens (primary N) is 1. The average Bonchev–Trinajstić information content (AvgIpc) is 3.18. The van der Waals surface area contributed by atoms with Crippen LogP contribution in [0, 0.1) is 0 Å². The number of oxime groups is 1. The normalized spacial score (nSPS) is 24.5. The molecule has 1 fully saturated rings. The van der Waals surface area contributed by atoms with Crippen LogP contribution in [0.3, 0.4) is 0 Å². The van der Waals surface area contributed by atoms with Crippen LogP contribution in [0.5, 0.6) is 0 Å². The SMILES string of the molecule is NC1(COP(=O)(O)O)CCC(c2ccc3c(c2)CCC/C3=N\OCCc2ccccc2)C1. The van der Waals surface area contributed by atoms with Crippen molar-refractivity contribution in [2.45, 2.75) is 56.4 Å². The van der Waals surface area contributed by atoms with Crippen molar-refractivity contribution in [3.63, 3.8) is 0 Å². The maximum atomic E-state index is 11.0. The second kappa shape index (κ2) is 9.86. The van der Waals surface area contributed by atoms with Gasteiger partial charge >= 0.3 is 7.82 Å². The first-order valence-electron chi connectivity index (χ1n) is 11.2. The number of rotatable bonds is 8. The molecule has 0 saturated heterocycles. The van der Waals surface area contributed by atoms with Crippen molar-refractivity contribution in [1.82, 2.24) is 0 Å². The molecular formula is C24H31N2O5P. The van der Waals surface area contributed by atoms with Crippen LogP contribution in [0.15, 0.2) is 53.7 Å². The number of hydrogen-bond acceptors (Lipinski definition) is 5. The monoisotopic (exact) mass is 458 g/mol. The van der Waals surface area contributed by atoms with Gasteiger partial charge in [0.25, 0.3) is 0 Å². The smallest absolute Gasteiger partial charge is 0.395 e. The van der Waals surface area contributed by atoms with Crippen LogP contribution in [-0.4, -0.2) is 34.3 Å². The number of hydrogen-bond donors (Lipinski definition) is 3. The standard InChI is InChI=1S/C24H31N2O5P/c25-24(17-31-32(27,28)29)13-11-21(16-24)19-9-10-22-20(15-19)7-4-8-23(22)26-30-14-12-18-5-2-1-3-6-18/h1-3,5-6,9-10,15,21H,4,7-8,11-14,16-17,25H2,(H2,27,28,29)/b26-23+. The lowest BCUT2D eigenvalue weighted by molar-refractivity contribution is 0.147. The molecule has 2 unspecified atom stereocenters. The minimum atomic E-state index is -4.51. The first kappa shape index (κ1) is 23.1. The van der Waals surface area contributed by atoms with E-state index in [2.05, 4.69) is 35.5 Å². The van der Waals surface area contributed by atoms with Crippen LogP contribution in [0.25, 0.3) is 0 Å². The second-order valence-corrected chi connectivity index (χ2v) is 10.2. The molecule has 2 aliphatic carbocycles. The van der Waals surface area contributed by atoms with Gasteiger partial charge < -0.3 is 20.4 Å². The minimum absolute atomic E-state index is 0.129. The van der Waals surface area contributed by atoms with E-state index in [1.165, 1.54) is 16.7 Å². The van der Waals surface area contributed by atoms with Crippen molar-refractivity contribution in [3.05, 3.63) is 70.8 Å². The zero-order valence-electron chi connectivity index (χ0n) is 18.2. The summed E-state index contributed by atoms with van der Waals surface area (Å²) in [5, 5.41) is 4.44. The van der Waals surface area contributed by atoms with Crippen molar-refractivity contribution < 1.29 is 23.7 Å². The van der Waals surface area contributed by atoms with E-state index in [0.717, 1.165) is 43.4 Å². The molecule has 0 radical (unpaired) electrons. The molecular weight excluding hydrogens is 427 g/mol. The van der Waals surface area contributed by atoms with Gasteiger partial charge in [0.1, 0.15) is 6.61 Å². The first-order chi connectivity index (χ1) is 15.3. The van der Waals surface area contributed by atoms with Gasteiger partial charge in [-0.3, -0.25) is 4.52 Å². The van der Waals surface area contributed by atoms with E-state index in [1.54, 1.807) is 0 Å². The third-order valence-electron chi connectivity index (χ3n) is 6.43. The molecule has 2 aromatic carbocycles. The molecule has 0 spiro atoms. The fourth-order valence-corrected chi connectivity index (χ4v) is 5.17.